The minimum absolute atomic E-state index is 0.300. The molecule has 2 heterocycles. The second-order valence-corrected chi connectivity index (χ2v) is 4.83. The maximum absolute atomic E-state index is 11.5. The van der Waals surface area contributed by atoms with Gasteiger partial charge in [-0.15, -0.1) is 0 Å². The average molecular weight is 272 g/mol. The number of hydrogen-bond acceptors (Lipinski definition) is 5. The first-order valence-electron chi connectivity index (χ1n) is 6.48. The number of methoxy groups -OCH3 is 2. The highest BCUT2D eigenvalue weighted by Crippen LogP contribution is 2.23. The Kier molecular flexibility index (Phi) is 3.28. The summed E-state index contributed by atoms with van der Waals surface area (Å²) in [6.07, 6.45) is 0.300. The number of pyridine rings is 1. The standard InChI is InChI=1S/C15H16N2O3/c1-19-12-8-17(9-12)14-6-4-10-7-11(15(18)20-2)3-5-13(10)16-14/h3-7,12H,8-9H2,1-2H3. The van der Waals surface area contributed by atoms with Crippen LogP contribution in [0.15, 0.2) is 30.3 Å². The molecule has 0 unspecified atom stereocenters. The monoisotopic (exact) mass is 272 g/mol. The van der Waals surface area contributed by atoms with Crippen molar-refractivity contribution in [3.05, 3.63) is 35.9 Å². The van der Waals surface area contributed by atoms with Gasteiger partial charge in [0.25, 0.3) is 0 Å². The molecule has 0 amide bonds. The highest BCUT2D eigenvalue weighted by molar-refractivity contribution is 5.94. The lowest BCUT2D eigenvalue weighted by Crippen LogP contribution is -2.52. The Hall–Kier alpha value is -2.14. The number of benzene rings is 1. The number of aromatic nitrogens is 1. The van der Waals surface area contributed by atoms with E-state index in [9.17, 15) is 4.79 Å². The number of carbonyl (C=O) groups is 1. The van der Waals surface area contributed by atoms with E-state index in [0.717, 1.165) is 29.8 Å². The fraction of sp³-hybridized carbons (Fsp3) is 0.333. The summed E-state index contributed by atoms with van der Waals surface area (Å²) in [7, 11) is 3.11. The maximum atomic E-state index is 11.5. The van der Waals surface area contributed by atoms with Crippen molar-refractivity contribution in [2.75, 3.05) is 32.2 Å². The molecule has 104 valence electrons. The molecule has 1 aromatic heterocycles. The summed E-state index contributed by atoms with van der Waals surface area (Å²) in [5.41, 5.74) is 1.41. The van der Waals surface area contributed by atoms with Gasteiger partial charge in [-0.3, -0.25) is 0 Å². The zero-order valence-corrected chi connectivity index (χ0v) is 11.5. The zero-order valence-electron chi connectivity index (χ0n) is 11.5. The van der Waals surface area contributed by atoms with E-state index in [1.54, 1.807) is 19.2 Å². The Morgan fingerprint density at radius 3 is 2.75 bits per heavy atom. The molecular weight excluding hydrogens is 256 g/mol. The largest absolute Gasteiger partial charge is 0.465 e. The van der Waals surface area contributed by atoms with E-state index in [-0.39, 0.29) is 5.97 Å². The first-order valence-corrected chi connectivity index (χ1v) is 6.48. The van der Waals surface area contributed by atoms with Crippen LogP contribution in [0.3, 0.4) is 0 Å². The quantitative estimate of drug-likeness (QED) is 0.798. The minimum Gasteiger partial charge on any atom is -0.465 e. The van der Waals surface area contributed by atoms with Crippen molar-refractivity contribution in [3.63, 3.8) is 0 Å². The van der Waals surface area contributed by atoms with E-state index in [4.69, 9.17) is 9.47 Å². The lowest BCUT2D eigenvalue weighted by atomic mass is 10.1. The molecule has 5 heteroatoms. The summed E-state index contributed by atoms with van der Waals surface area (Å²) in [6, 6.07) is 9.32. The molecule has 5 nitrogen and oxygen atoms in total. The second kappa shape index (κ2) is 5.09. The molecule has 0 saturated carbocycles. The third kappa shape index (κ3) is 2.20. The second-order valence-electron chi connectivity index (χ2n) is 4.83. The Labute approximate surface area is 117 Å². The zero-order chi connectivity index (χ0) is 14.1. The van der Waals surface area contributed by atoms with E-state index in [0.29, 0.717) is 11.7 Å². The fourth-order valence-electron chi connectivity index (χ4n) is 2.31. The lowest BCUT2D eigenvalue weighted by molar-refractivity contribution is 0.0601. The Morgan fingerprint density at radius 2 is 2.05 bits per heavy atom. The molecule has 0 spiro atoms. The van der Waals surface area contributed by atoms with Gasteiger partial charge in [0.15, 0.2) is 0 Å². The van der Waals surface area contributed by atoms with Gasteiger partial charge < -0.3 is 14.4 Å². The van der Waals surface area contributed by atoms with Crippen LogP contribution in [0.5, 0.6) is 0 Å². The SMILES string of the molecule is COC(=O)c1ccc2nc(N3CC(OC)C3)ccc2c1. The van der Waals surface area contributed by atoms with Crippen LogP contribution in [0.25, 0.3) is 10.9 Å². The number of ether oxygens (including phenoxy) is 2. The van der Waals surface area contributed by atoms with Gasteiger partial charge in [-0.25, -0.2) is 9.78 Å². The van der Waals surface area contributed by atoms with Crippen molar-refractivity contribution in [2.24, 2.45) is 0 Å². The normalized spacial score (nSPS) is 15.2. The first-order chi connectivity index (χ1) is 9.71. The summed E-state index contributed by atoms with van der Waals surface area (Å²) in [6.45, 7) is 1.74. The van der Waals surface area contributed by atoms with E-state index in [2.05, 4.69) is 9.88 Å². The fourth-order valence-corrected chi connectivity index (χ4v) is 2.31. The van der Waals surface area contributed by atoms with Crippen molar-refractivity contribution in [2.45, 2.75) is 6.10 Å². The lowest BCUT2D eigenvalue weighted by Gasteiger charge is -2.39. The van der Waals surface area contributed by atoms with Crippen molar-refractivity contribution in [1.82, 2.24) is 4.98 Å². The molecular formula is C15H16N2O3. The van der Waals surface area contributed by atoms with E-state index >= 15 is 0 Å². The molecule has 1 aromatic carbocycles. The molecule has 0 atom stereocenters. The molecule has 3 rings (SSSR count). The molecule has 1 aliphatic heterocycles. The van der Waals surface area contributed by atoms with Crippen LogP contribution >= 0.6 is 0 Å². The van der Waals surface area contributed by atoms with Gasteiger partial charge in [-0.05, 0) is 30.3 Å². The van der Waals surface area contributed by atoms with Gasteiger partial charge >= 0.3 is 5.97 Å². The van der Waals surface area contributed by atoms with Crippen LogP contribution in [-0.2, 0) is 9.47 Å². The summed E-state index contributed by atoms with van der Waals surface area (Å²) in [5.74, 6) is 0.610. The predicted octanol–water partition coefficient (Wildman–Crippen LogP) is 1.86. The van der Waals surface area contributed by atoms with Crippen molar-refractivity contribution in [3.8, 4) is 0 Å². The number of nitrogens with zero attached hydrogens (tertiary/aromatic N) is 2. The Morgan fingerprint density at radius 1 is 1.25 bits per heavy atom. The van der Waals surface area contributed by atoms with Crippen LogP contribution in [-0.4, -0.2) is 44.4 Å². The number of esters is 1. The summed E-state index contributed by atoms with van der Waals surface area (Å²) < 4.78 is 9.98. The first kappa shape index (κ1) is 12.9. The van der Waals surface area contributed by atoms with E-state index in [1.807, 2.05) is 18.2 Å². The van der Waals surface area contributed by atoms with Crippen LogP contribution in [0.2, 0.25) is 0 Å². The number of hydrogen-bond donors (Lipinski definition) is 0. The summed E-state index contributed by atoms with van der Waals surface area (Å²) >= 11 is 0. The Balaban J connectivity index is 1.87. The average Bonchev–Trinajstić information content (AvgIpc) is 2.44. The molecule has 1 fully saturated rings. The molecule has 1 aliphatic rings. The number of carbonyl (C=O) groups excluding carboxylic acids is 1. The highest BCUT2D eigenvalue weighted by Gasteiger charge is 2.27. The molecule has 0 aliphatic carbocycles. The van der Waals surface area contributed by atoms with Crippen LogP contribution < -0.4 is 4.90 Å². The summed E-state index contributed by atoms with van der Waals surface area (Å²) in [4.78, 5) is 18.3. The molecule has 0 N–H and O–H groups in total. The van der Waals surface area contributed by atoms with Gasteiger partial charge in [0.05, 0.1) is 24.3 Å². The van der Waals surface area contributed by atoms with Gasteiger partial charge in [-0.1, -0.05) is 0 Å². The summed E-state index contributed by atoms with van der Waals surface area (Å²) in [5, 5.41) is 0.931. The topological polar surface area (TPSA) is 51.7 Å². The van der Waals surface area contributed by atoms with Gasteiger partial charge in [0.2, 0.25) is 0 Å². The van der Waals surface area contributed by atoms with Crippen molar-refractivity contribution >= 4 is 22.7 Å². The van der Waals surface area contributed by atoms with E-state index < -0.39 is 0 Å². The predicted molar refractivity (Wildman–Crippen MR) is 76.1 cm³/mol. The van der Waals surface area contributed by atoms with Gasteiger partial charge in [-0.2, -0.15) is 0 Å². The third-order valence-electron chi connectivity index (χ3n) is 3.60. The maximum Gasteiger partial charge on any atom is 0.337 e. The third-order valence-corrected chi connectivity index (χ3v) is 3.60. The van der Waals surface area contributed by atoms with Crippen LogP contribution in [0, 0.1) is 0 Å². The Bertz CT molecular complexity index is 651. The molecule has 0 bridgehead atoms. The van der Waals surface area contributed by atoms with Crippen molar-refractivity contribution in [1.29, 1.82) is 0 Å². The number of anilines is 1. The van der Waals surface area contributed by atoms with E-state index in [1.165, 1.54) is 7.11 Å². The molecule has 20 heavy (non-hydrogen) atoms. The molecule has 1 saturated heterocycles. The smallest absolute Gasteiger partial charge is 0.337 e. The molecule has 2 aromatic rings. The minimum atomic E-state index is -0.332. The number of rotatable bonds is 3. The van der Waals surface area contributed by atoms with Gasteiger partial charge in [0.1, 0.15) is 5.82 Å². The van der Waals surface area contributed by atoms with Crippen LogP contribution in [0.4, 0.5) is 5.82 Å². The highest BCUT2D eigenvalue weighted by atomic mass is 16.5. The van der Waals surface area contributed by atoms with Crippen LogP contribution in [0.1, 0.15) is 10.4 Å². The molecule has 0 radical (unpaired) electrons. The van der Waals surface area contributed by atoms with Gasteiger partial charge in [0, 0.05) is 25.6 Å². The number of fused-ring (bicyclic) bond motifs is 1. The van der Waals surface area contributed by atoms with Crippen molar-refractivity contribution < 1.29 is 14.3 Å².